The normalized spacial score (nSPS) is 25.8. The number of benzene rings is 1. The molecule has 0 saturated carbocycles. The molecule has 0 bridgehead atoms. The van der Waals surface area contributed by atoms with Crippen LogP contribution < -0.4 is 5.32 Å². The Morgan fingerprint density at radius 3 is 2.71 bits per heavy atom. The highest BCUT2D eigenvalue weighted by Gasteiger charge is 2.45. The van der Waals surface area contributed by atoms with Crippen LogP contribution in [0, 0.1) is 17.6 Å². The van der Waals surface area contributed by atoms with Crippen LogP contribution in [0.4, 0.5) is 13.6 Å². The Kier molecular flexibility index (Phi) is 5.95. The second-order valence-corrected chi connectivity index (χ2v) is 9.11. The summed E-state index contributed by atoms with van der Waals surface area (Å²) >= 11 is 0. The van der Waals surface area contributed by atoms with E-state index < -0.39 is 11.6 Å². The van der Waals surface area contributed by atoms with Crippen LogP contribution in [0.25, 0.3) is 11.3 Å². The van der Waals surface area contributed by atoms with Gasteiger partial charge < -0.3 is 10.2 Å². The van der Waals surface area contributed by atoms with Crippen molar-refractivity contribution >= 4 is 6.03 Å². The van der Waals surface area contributed by atoms with Gasteiger partial charge in [0.1, 0.15) is 11.6 Å². The van der Waals surface area contributed by atoms with E-state index in [-0.39, 0.29) is 34.5 Å². The highest BCUT2D eigenvalue weighted by Crippen LogP contribution is 2.48. The molecule has 2 aliphatic rings. The number of piperidine rings is 1. The van der Waals surface area contributed by atoms with Crippen molar-refractivity contribution in [1.29, 1.82) is 0 Å². The van der Waals surface area contributed by atoms with E-state index >= 15 is 0 Å². The molecular weight excluding hydrogens is 398 g/mol. The van der Waals surface area contributed by atoms with Gasteiger partial charge in [-0.15, -0.1) is 0 Å². The topological polar surface area (TPSA) is 58.1 Å². The van der Waals surface area contributed by atoms with E-state index in [0.717, 1.165) is 43.5 Å². The van der Waals surface area contributed by atoms with E-state index in [1.54, 1.807) is 0 Å². The summed E-state index contributed by atoms with van der Waals surface area (Å²) in [6.45, 7) is 8.31. The average molecular weight is 429 g/mol. The summed E-state index contributed by atoms with van der Waals surface area (Å²) in [6, 6.07) is 5.63. The minimum atomic E-state index is -0.634. The second-order valence-electron chi connectivity index (χ2n) is 9.11. The number of nitrogens with zero attached hydrogens (tertiary/aromatic N) is 3. The van der Waals surface area contributed by atoms with E-state index in [9.17, 15) is 13.6 Å². The van der Waals surface area contributed by atoms with Crippen molar-refractivity contribution in [3.05, 3.63) is 47.2 Å². The van der Waals surface area contributed by atoms with Crippen LogP contribution in [0.2, 0.25) is 0 Å². The molecule has 2 aromatic rings. The Bertz CT molecular complexity index is 962. The number of carbonyl (C=O) groups excluding carboxylic acids is 1. The van der Waals surface area contributed by atoms with Crippen molar-refractivity contribution in [3.8, 4) is 11.3 Å². The number of nitrogens with one attached hydrogen (secondary N) is 1. The first-order chi connectivity index (χ1) is 14.8. The van der Waals surface area contributed by atoms with Gasteiger partial charge in [0.25, 0.3) is 0 Å². The number of likely N-dealkylation sites (tertiary alicyclic amines) is 1. The number of halogens is 2. The molecule has 3 atom stereocenters. The molecule has 5 nitrogen and oxygen atoms in total. The molecule has 0 radical (unpaired) electrons. The number of rotatable bonds is 3. The summed E-state index contributed by atoms with van der Waals surface area (Å²) in [6.07, 6.45) is 3.89. The maximum atomic E-state index is 14.3. The van der Waals surface area contributed by atoms with Gasteiger partial charge in [-0.3, -0.25) is 0 Å². The molecule has 7 heteroatoms. The lowest BCUT2D eigenvalue weighted by Gasteiger charge is -2.46. The highest BCUT2D eigenvalue weighted by atomic mass is 19.1. The number of hydrogen-bond donors (Lipinski definition) is 1. The third-order valence-corrected chi connectivity index (χ3v) is 7.15. The molecule has 1 aromatic carbocycles. The maximum absolute atomic E-state index is 14.3. The van der Waals surface area contributed by atoms with Crippen LogP contribution in [0.15, 0.2) is 24.3 Å². The Hall–Kier alpha value is -2.57. The molecule has 2 amide bonds. The fourth-order valence-electron chi connectivity index (χ4n) is 5.22. The Labute approximate surface area is 182 Å². The summed E-state index contributed by atoms with van der Waals surface area (Å²) in [5.74, 6) is -0.772. The zero-order valence-corrected chi connectivity index (χ0v) is 18.4. The Morgan fingerprint density at radius 1 is 1.26 bits per heavy atom. The fourth-order valence-corrected chi connectivity index (χ4v) is 5.22. The van der Waals surface area contributed by atoms with Crippen molar-refractivity contribution < 1.29 is 13.6 Å². The van der Waals surface area contributed by atoms with Crippen LogP contribution in [0.5, 0.6) is 0 Å². The third kappa shape index (κ3) is 3.90. The number of amides is 2. The summed E-state index contributed by atoms with van der Waals surface area (Å²) in [7, 11) is 0. The zero-order chi connectivity index (χ0) is 22.2. The lowest BCUT2D eigenvalue weighted by atomic mass is 9.62. The number of urea groups is 1. The van der Waals surface area contributed by atoms with E-state index in [1.165, 1.54) is 18.2 Å². The zero-order valence-electron chi connectivity index (χ0n) is 18.4. The van der Waals surface area contributed by atoms with E-state index in [2.05, 4.69) is 29.4 Å². The SMILES string of the molecule is CCNC(=O)N1CCC[C@H]([C@@]2(C)CC[C@H](C)c3cc(-c4c(F)cccc4F)nnc32)C1. The molecule has 2 heterocycles. The van der Waals surface area contributed by atoms with Crippen LogP contribution in [-0.2, 0) is 5.41 Å². The van der Waals surface area contributed by atoms with Crippen LogP contribution in [0.3, 0.4) is 0 Å². The molecule has 1 saturated heterocycles. The van der Waals surface area contributed by atoms with Crippen molar-refractivity contribution in [2.24, 2.45) is 5.92 Å². The van der Waals surface area contributed by atoms with Crippen molar-refractivity contribution in [3.63, 3.8) is 0 Å². The third-order valence-electron chi connectivity index (χ3n) is 7.15. The van der Waals surface area contributed by atoms with Gasteiger partial charge in [-0.25, -0.2) is 13.6 Å². The summed E-state index contributed by atoms with van der Waals surface area (Å²) in [5, 5.41) is 11.7. The number of carbonyl (C=O) groups is 1. The monoisotopic (exact) mass is 428 g/mol. The predicted octanol–water partition coefficient (Wildman–Crippen LogP) is 5.02. The molecule has 4 rings (SSSR count). The van der Waals surface area contributed by atoms with Crippen LogP contribution in [0.1, 0.15) is 63.6 Å². The molecule has 1 N–H and O–H groups in total. The minimum absolute atomic E-state index is 0.0170. The molecule has 1 aliphatic carbocycles. The maximum Gasteiger partial charge on any atom is 0.317 e. The fraction of sp³-hybridized carbons (Fsp3) is 0.542. The van der Waals surface area contributed by atoms with Crippen LogP contribution >= 0.6 is 0 Å². The van der Waals surface area contributed by atoms with Gasteiger partial charge in [-0.1, -0.05) is 19.9 Å². The summed E-state index contributed by atoms with van der Waals surface area (Å²) < 4.78 is 28.7. The number of aromatic nitrogens is 2. The predicted molar refractivity (Wildman–Crippen MR) is 116 cm³/mol. The Morgan fingerprint density at radius 2 is 2.00 bits per heavy atom. The molecule has 1 aromatic heterocycles. The first-order valence-corrected chi connectivity index (χ1v) is 11.2. The summed E-state index contributed by atoms with van der Waals surface area (Å²) in [5.41, 5.74) is 1.80. The largest absolute Gasteiger partial charge is 0.338 e. The first-order valence-electron chi connectivity index (χ1n) is 11.2. The van der Waals surface area contributed by atoms with Gasteiger partial charge in [0, 0.05) is 25.0 Å². The Balaban J connectivity index is 1.70. The lowest BCUT2D eigenvalue weighted by Crippen LogP contribution is -2.51. The molecule has 31 heavy (non-hydrogen) atoms. The molecule has 1 aliphatic heterocycles. The lowest BCUT2D eigenvalue weighted by molar-refractivity contribution is 0.118. The molecule has 166 valence electrons. The second kappa shape index (κ2) is 8.52. The quantitative estimate of drug-likeness (QED) is 0.747. The van der Waals surface area contributed by atoms with E-state index in [4.69, 9.17) is 0 Å². The van der Waals surface area contributed by atoms with Gasteiger partial charge in [0.05, 0.1) is 17.0 Å². The summed E-state index contributed by atoms with van der Waals surface area (Å²) in [4.78, 5) is 14.3. The van der Waals surface area contributed by atoms with Crippen LogP contribution in [-0.4, -0.2) is 40.8 Å². The minimum Gasteiger partial charge on any atom is -0.338 e. The molecule has 0 unspecified atom stereocenters. The molecule has 1 fully saturated rings. The van der Waals surface area contributed by atoms with E-state index in [0.29, 0.717) is 13.1 Å². The molecule has 0 spiro atoms. The van der Waals surface area contributed by atoms with Gasteiger partial charge in [0.15, 0.2) is 0 Å². The number of fused-ring (bicyclic) bond motifs is 1. The van der Waals surface area contributed by atoms with Gasteiger partial charge in [0.2, 0.25) is 0 Å². The van der Waals surface area contributed by atoms with Crippen molar-refractivity contribution in [2.75, 3.05) is 19.6 Å². The van der Waals surface area contributed by atoms with Gasteiger partial charge in [-0.2, -0.15) is 10.2 Å². The highest BCUT2D eigenvalue weighted by molar-refractivity contribution is 5.74. The van der Waals surface area contributed by atoms with Crippen molar-refractivity contribution in [1.82, 2.24) is 20.4 Å². The van der Waals surface area contributed by atoms with Crippen molar-refractivity contribution in [2.45, 2.75) is 57.8 Å². The first kappa shape index (κ1) is 21.7. The molecular formula is C24H30F2N4O. The smallest absolute Gasteiger partial charge is 0.317 e. The van der Waals surface area contributed by atoms with E-state index in [1.807, 2.05) is 17.9 Å². The van der Waals surface area contributed by atoms with Gasteiger partial charge >= 0.3 is 6.03 Å². The number of hydrogen-bond acceptors (Lipinski definition) is 3. The standard InChI is InChI=1S/C24H30F2N4O/c1-4-27-23(31)30-12-6-7-16(14-30)24(3)11-10-15(2)17-13-20(28-29-22(17)24)21-18(25)8-5-9-19(21)26/h5,8-9,13,15-16H,4,6-7,10-12,14H2,1-3H3,(H,27,31)/t15-,16-,24+/m0/s1. The van der Waals surface area contributed by atoms with Gasteiger partial charge in [-0.05, 0) is 68.2 Å². The average Bonchev–Trinajstić information content (AvgIpc) is 2.77.